The van der Waals surface area contributed by atoms with Gasteiger partial charge in [-0.25, -0.2) is 8.42 Å². The highest BCUT2D eigenvalue weighted by Crippen LogP contribution is 2.26. The smallest absolute Gasteiger partial charge is 0.259 e. The summed E-state index contributed by atoms with van der Waals surface area (Å²) < 4.78 is 25.9. The Bertz CT molecular complexity index is 881. The second-order valence-electron chi connectivity index (χ2n) is 5.40. The Morgan fingerprint density at radius 2 is 1.88 bits per heavy atom. The Morgan fingerprint density at radius 3 is 2.50 bits per heavy atom. The van der Waals surface area contributed by atoms with Crippen molar-refractivity contribution in [1.29, 1.82) is 0 Å². The van der Waals surface area contributed by atoms with Crippen LogP contribution in [-0.4, -0.2) is 31.7 Å². The van der Waals surface area contributed by atoms with Crippen LogP contribution >= 0.6 is 15.9 Å². The molecule has 0 atom stereocenters. The van der Waals surface area contributed by atoms with Crippen LogP contribution in [0, 0.1) is 0 Å². The lowest BCUT2D eigenvalue weighted by molar-refractivity contribution is 0.102. The molecule has 6 nitrogen and oxygen atoms in total. The largest absolute Gasteiger partial charge is 0.507 e. The van der Waals surface area contributed by atoms with Gasteiger partial charge in [0.15, 0.2) is 0 Å². The minimum atomic E-state index is -3.22. The predicted octanol–water partition coefficient (Wildman–Crippen LogP) is 2.95. The van der Waals surface area contributed by atoms with Crippen LogP contribution in [0.3, 0.4) is 0 Å². The summed E-state index contributed by atoms with van der Waals surface area (Å²) in [7, 11) is -3.22. The van der Waals surface area contributed by atoms with Crippen molar-refractivity contribution in [1.82, 2.24) is 0 Å². The van der Waals surface area contributed by atoms with Crippen molar-refractivity contribution in [2.45, 2.75) is 6.42 Å². The summed E-state index contributed by atoms with van der Waals surface area (Å²) in [6.45, 7) is 0.472. The lowest BCUT2D eigenvalue weighted by atomic mass is 10.2. The number of phenols is 1. The number of halogens is 1. The topological polar surface area (TPSA) is 86.7 Å². The number of hydrogen-bond donors (Lipinski definition) is 2. The lowest BCUT2D eigenvalue weighted by Gasteiger charge is -2.17. The fourth-order valence-corrected chi connectivity index (χ4v) is 4.45. The molecule has 1 aliphatic rings. The molecule has 0 aliphatic carbocycles. The van der Waals surface area contributed by atoms with E-state index in [2.05, 4.69) is 21.2 Å². The summed E-state index contributed by atoms with van der Waals surface area (Å²) in [6, 6.07) is 11.2. The van der Waals surface area contributed by atoms with Gasteiger partial charge in [0.1, 0.15) is 5.75 Å². The highest BCUT2D eigenvalue weighted by Gasteiger charge is 2.28. The molecule has 1 saturated heterocycles. The standard InChI is InChI=1S/C16H15BrN2O4S/c17-11-2-7-15(20)14(10-11)16(21)18-12-3-5-13(6-4-12)19-8-1-9-24(19,22)23/h2-7,10,20H,1,8-9H2,(H,18,21). The first-order valence-electron chi connectivity index (χ1n) is 7.27. The van der Waals surface area contributed by atoms with Gasteiger partial charge < -0.3 is 10.4 Å². The Kier molecular flexibility index (Phi) is 4.51. The second kappa shape index (κ2) is 6.45. The number of nitrogens with one attached hydrogen (secondary N) is 1. The molecular weight excluding hydrogens is 396 g/mol. The minimum absolute atomic E-state index is 0.115. The number of amides is 1. The van der Waals surface area contributed by atoms with Crippen LogP contribution < -0.4 is 9.62 Å². The van der Waals surface area contributed by atoms with Crippen molar-refractivity contribution in [3.8, 4) is 5.75 Å². The van der Waals surface area contributed by atoms with Gasteiger partial charge in [-0.05, 0) is 48.9 Å². The van der Waals surface area contributed by atoms with Crippen molar-refractivity contribution in [3.05, 3.63) is 52.5 Å². The molecule has 1 heterocycles. The van der Waals surface area contributed by atoms with Crippen molar-refractivity contribution in [2.24, 2.45) is 0 Å². The van der Waals surface area contributed by atoms with Gasteiger partial charge in [0, 0.05) is 16.7 Å². The summed E-state index contributed by atoms with van der Waals surface area (Å²) in [4.78, 5) is 12.2. The highest BCUT2D eigenvalue weighted by molar-refractivity contribution is 9.10. The fourth-order valence-electron chi connectivity index (χ4n) is 2.53. The average molecular weight is 411 g/mol. The number of carbonyl (C=O) groups excluding carboxylic acids is 1. The molecule has 8 heteroatoms. The van der Waals surface area contributed by atoms with Crippen molar-refractivity contribution >= 4 is 43.2 Å². The van der Waals surface area contributed by atoms with Crippen LogP contribution in [0.15, 0.2) is 46.9 Å². The molecule has 1 amide bonds. The minimum Gasteiger partial charge on any atom is -0.507 e. The van der Waals surface area contributed by atoms with E-state index in [1.165, 1.54) is 16.4 Å². The molecule has 24 heavy (non-hydrogen) atoms. The summed E-state index contributed by atoms with van der Waals surface area (Å²) in [5, 5.41) is 12.5. The van der Waals surface area contributed by atoms with E-state index in [0.717, 1.165) is 0 Å². The van der Waals surface area contributed by atoms with Crippen molar-refractivity contribution in [3.63, 3.8) is 0 Å². The number of nitrogens with zero attached hydrogens (tertiary/aromatic N) is 1. The first kappa shape index (κ1) is 16.8. The summed E-state index contributed by atoms with van der Waals surface area (Å²) in [5.41, 5.74) is 1.24. The summed E-state index contributed by atoms with van der Waals surface area (Å²) in [5.74, 6) is -0.404. The SMILES string of the molecule is O=C(Nc1ccc(N2CCCS2(=O)=O)cc1)c1cc(Br)ccc1O. The molecule has 2 aromatic rings. The van der Waals surface area contributed by atoms with Gasteiger partial charge in [-0.1, -0.05) is 15.9 Å². The van der Waals surface area contributed by atoms with E-state index in [1.54, 1.807) is 30.3 Å². The first-order valence-corrected chi connectivity index (χ1v) is 9.67. The number of phenolic OH excluding ortho intramolecular Hbond substituents is 1. The Hall–Kier alpha value is -2.06. The Labute approximate surface area is 148 Å². The van der Waals surface area contributed by atoms with Gasteiger partial charge in [-0.2, -0.15) is 0 Å². The normalized spacial score (nSPS) is 16.1. The maximum atomic E-state index is 12.2. The van der Waals surface area contributed by atoms with Crippen molar-refractivity contribution < 1.29 is 18.3 Å². The van der Waals surface area contributed by atoms with Gasteiger partial charge in [0.05, 0.1) is 17.0 Å². The highest BCUT2D eigenvalue weighted by atomic mass is 79.9. The number of sulfonamides is 1. The third kappa shape index (κ3) is 3.39. The van der Waals surface area contributed by atoms with Crippen LogP contribution in [0.2, 0.25) is 0 Å². The van der Waals surface area contributed by atoms with Gasteiger partial charge in [-0.3, -0.25) is 9.10 Å². The molecule has 0 saturated carbocycles. The maximum Gasteiger partial charge on any atom is 0.259 e. The van der Waals surface area contributed by atoms with E-state index in [9.17, 15) is 18.3 Å². The van der Waals surface area contributed by atoms with Gasteiger partial charge in [-0.15, -0.1) is 0 Å². The predicted molar refractivity (Wildman–Crippen MR) is 96.0 cm³/mol. The first-order chi connectivity index (χ1) is 11.4. The van der Waals surface area contributed by atoms with Crippen LogP contribution in [0.25, 0.3) is 0 Å². The molecule has 0 unspecified atom stereocenters. The van der Waals surface area contributed by atoms with E-state index >= 15 is 0 Å². The molecule has 3 rings (SSSR count). The second-order valence-corrected chi connectivity index (χ2v) is 8.33. The van der Waals surface area contributed by atoms with E-state index < -0.39 is 15.9 Å². The molecule has 0 radical (unpaired) electrons. The van der Waals surface area contributed by atoms with E-state index in [-0.39, 0.29) is 17.1 Å². The number of hydrogen-bond acceptors (Lipinski definition) is 4. The molecule has 0 bridgehead atoms. The quantitative estimate of drug-likeness (QED) is 0.813. The van der Waals surface area contributed by atoms with Crippen LogP contribution in [0.1, 0.15) is 16.8 Å². The zero-order valence-electron chi connectivity index (χ0n) is 12.6. The molecule has 2 N–H and O–H groups in total. The molecule has 0 spiro atoms. The maximum absolute atomic E-state index is 12.2. The Morgan fingerprint density at radius 1 is 1.17 bits per heavy atom. The molecule has 1 fully saturated rings. The molecule has 0 aromatic heterocycles. The molecule has 1 aliphatic heterocycles. The number of carbonyl (C=O) groups is 1. The average Bonchev–Trinajstić information content (AvgIpc) is 2.90. The third-order valence-corrected chi connectivity index (χ3v) is 6.08. The lowest BCUT2D eigenvalue weighted by Crippen LogP contribution is -2.25. The molecular formula is C16H15BrN2O4S. The van der Waals surface area contributed by atoms with E-state index in [0.29, 0.717) is 28.8 Å². The summed E-state index contributed by atoms with van der Waals surface area (Å²) >= 11 is 3.25. The van der Waals surface area contributed by atoms with Crippen LogP contribution in [0.5, 0.6) is 5.75 Å². The number of anilines is 2. The van der Waals surface area contributed by atoms with Gasteiger partial charge in [0.25, 0.3) is 5.91 Å². The van der Waals surface area contributed by atoms with E-state index in [4.69, 9.17) is 0 Å². The van der Waals surface area contributed by atoms with Crippen molar-refractivity contribution in [2.75, 3.05) is 21.9 Å². The zero-order chi connectivity index (χ0) is 17.3. The number of benzene rings is 2. The monoisotopic (exact) mass is 410 g/mol. The van der Waals surface area contributed by atoms with Crippen LogP contribution in [0.4, 0.5) is 11.4 Å². The third-order valence-electron chi connectivity index (χ3n) is 3.72. The number of aromatic hydroxyl groups is 1. The van der Waals surface area contributed by atoms with Crippen LogP contribution in [-0.2, 0) is 10.0 Å². The van der Waals surface area contributed by atoms with E-state index in [1.807, 2.05) is 0 Å². The number of rotatable bonds is 3. The zero-order valence-corrected chi connectivity index (χ0v) is 15.0. The fraction of sp³-hybridized carbons (Fsp3) is 0.188. The van der Waals surface area contributed by atoms with Gasteiger partial charge >= 0.3 is 0 Å². The molecule has 126 valence electrons. The Balaban J connectivity index is 1.77. The summed E-state index contributed by atoms with van der Waals surface area (Å²) in [6.07, 6.45) is 0.614. The molecule has 2 aromatic carbocycles. The van der Waals surface area contributed by atoms with Gasteiger partial charge in [0.2, 0.25) is 10.0 Å².